The third kappa shape index (κ3) is 4.13. The first-order valence-corrected chi connectivity index (χ1v) is 6.18. The molecule has 3 nitrogen and oxygen atoms in total. The number of rotatable bonds is 8. The summed E-state index contributed by atoms with van der Waals surface area (Å²) in [5, 5.41) is 12.2. The molecular formula is C14H21FN2O. The van der Waals surface area contributed by atoms with E-state index >= 15 is 0 Å². The lowest BCUT2D eigenvalue weighted by Gasteiger charge is -2.23. The highest BCUT2D eigenvalue weighted by Crippen LogP contribution is 2.20. The summed E-state index contributed by atoms with van der Waals surface area (Å²) in [4.78, 5) is 1.83. The number of nitrogens with zero attached hydrogens (tertiary/aromatic N) is 1. The minimum Gasteiger partial charge on any atom is -0.395 e. The van der Waals surface area contributed by atoms with Crippen LogP contribution >= 0.6 is 0 Å². The van der Waals surface area contributed by atoms with Crippen LogP contribution < -0.4 is 10.2 Å². The molecule has 0 radical (unpaired) electrons. The molecule has 0 unspecified atom stereocenters. The summed E-state index contributed by atoms with van der Waals surface area (Å²) in [6.45, 7) is 8.10. The predicted octanol–water partition coefficient (Wildman–Crippen LogP) is 1.92. The molecule has 0 aliphatic rings. The van der Waals surface area contributed by atoms with E-state index in [0.29, 0.717) is 25.3 Å². The number of hydrogen-bond donors (Lipinski definition) is 2. The van der Waals surface area contributed by atoms with Gasteiger partial charge in [-0.25, -0.2) is 4.39 Å². The number of aliphatic hydroxyl groups excluding tert-OH is 1. The van der Waals surface area contributed by atoms with Gasteiger partial charge in [-0.2, -0.15) is 0 Å². The molecule has 0 bridgehead atoms. The quantitative estimate of drug-likeness (QED) is 0.548. The van der Waals surface area contributed by atoms with Crippen molar-refractivity contribution in [3.63, 3.8) is 0 Å². The summed E-state index contributed by atoms with van der Waals surface area (Å²) < 4.78 is 13.8. The Bertz CT molecular complexity index is 382. The van der Waals surface area contributed by atoms with Crippen LogP contribution in [0.3, 0.4) is 0 Å². The molecule has 0 fully saturated rings. The highest BCUT2D eigenvalue weighted by Gasteiger charge is 2.10. The van der Waals surface area contributed by atoms with Crippen molar-refractivity contribution < 1.29 is 9.50 Å². The van der Waals surface area contributed by atoms with E-state index in [4.69, 9.17) is 5.11 Å². The van der Waals surface area contributed by atoms with Crippen molar-refractivity contribution in [1.82, 2.24) is 5.32 Å². The average Bonchev–Trinajstić information content (AvgIpc) is 2.38. The van der Waals surface area contributed by atoms with Crippen molar-refractivity contribution >= 4 is 5.69 Å². The zero-order valence-electron chi connectivity index (χ0n) is 10.8. The lowest BCUT2D eigenvalue weighted by atomic mass is 10.1. The van der Waals surface area contributed by atoms with Crippen LogP contribution in [-0.2, 0) is 6.54 Å². The number of benzene rings is 1. The number of anilines is 1. The molecule has 1 rings (SSSR count). The first-order valence-electron chi connectivity index (χ1n) is 6.18. The van der Waals surface area contributed by atoms with E-state index in [-0.39, 0.29) is 12.4 Å². The van der Waals surface area contributed by atoms with E-state index in [9.17, 15) is 4.39 Å². The molecule has 100 valence electrons. The van der Waals surface area contributed by atoms with E-state index in [1.54, 1.807) is 12.1 Å². The lowest BCUT2D eigenvalue weighted by molar-refractivity contribution is 0.302. The van der Waals surface area contributed by atoms with Gasteiger partial charge in [0.25, 0.3) is 0 Å². The standard InChI is InChI=1S/C14H21FN2O/c1-3-7-16-11-12-5-6-13(15)14(10-12)17(4-2)8-9-18/h3,5-6,10,16,18H,1,4,7-9,11H2,2H3. The van der Waals surface area contributed by atoms with Crippen molar-refractivity contribution in [2.45, 2.75) is 13.5 Å². The van der Waals surface area contributed by atoms with E-state index in [1.165, 1.54) is 6.07 Å². The maximum Gasteiger partial charge on any atom is 0.146 e. The first-order chi connectivity index (χ1) is 8.72. The molecule has 0 aliphatic heterocycles. The van der Waals surface area contributed by atoms with Gasteiger partial charge >= 0.3 is 0 Å². The second-order valence-corrected chi connectivity index (χ2v) is 4.01. The summed E-state index contributed by atoms with van der Waals surface area (Å²) in [5.74, 6) is -0.252. The van der Waals surface area contributed by atoms with Crippen LogP contribution in [0.2, 0.25) is 0 Å². The summed E-state index contributed by atoms with van der Waals surface area (Å²) in [5.41, 5.74) is 1.56. The van der Waals surface area contributed by atoms with Crippen LogP contribution in [0.1, 0.15) is 12.5 Å². The minimum atomic E-state index is -0.252. The SMILES string of the molecule is C=CCNCc1ccc(F)c(N(CC)CCO)c1. The third-order valence-electron chi connectivity index (χ3n) is 2.72. The topological polar surface area (TPSA) is 35.5 Å². The zero-order chi connectivity index (χ0) is 13.4. The molecular weight excluding hydrogens is 231 g/mol. The molecule has 0 heterocycles. The Labute approximate surface area is 108 Å². The Morgan fingerprint density at radius 1 is 1.50 bits per heavy atom. The Kier molecular flexibility index (Phi) is 6.39. The van der Waals surface area contributed by atoms with Gasteiger partial charge in [0.2, 0.25) is 0 Å². The Morgan fingerprint density at radius 3 is 2.89 bits per heavy atom. The van der Waals surface area contributed by atoms with Crippen molar-refractivity contribution in [2.24, 2.45) is 0 Å². The Morgan fingerprint density at radius 2 is 2.28 bits per heavy atom. The number of aliphatic hydroxyl groups is 1. The molecule has 0 aliphatic carbocycles. The van der Waals surface area contributed by atoms with Gasteiger partial charge in [-0.05, 0) is 24.6 Å². The highest BCUT2D eigenvalue weighted by atomic mass is 19.1. The van der Waals surface area contributed by atoms with Crippen molar-refractivity contribution in [3.05, 3.63) is 42.2 Å². The van der Waals surface area contributed by atoms with E-state index in [0.717, 1.165) is 12.1 Å². The molecule has 0 atom stereocenters. The largest absolute Gasteiger partial charge is 0.395 e. The second-order valence-electron chi connectivity index (χ2n) is 4.01. The van der Waals surface area contributed by atoms with Gasteiger partial charge in [-0.15, -0.1) is 6.58 Å². The monoisotopic (exact) mass is 252 g/mol. The number of hydrogen-bond acceptors (Lipinski definition) is 3. The van der Waals surface area contributed by atoms with Crippen LogP contribution in [0.15, 0.2) is 30.9 Å². The molecule has 0 saturated heterocycles. The molecule has 1 aromatic rings. The van der Waals surface area contributed by atoms with E-state index in [1.807, 2.05) is 17.9 Å². The fraction of sp³-hybridized carbons (Fsp3) is 0.429. The van der Waals surface area contributed by atoms with Gasteiger partial charge in [0.05, 0.1) is 12.3 Å². The van der Waals surface area contributed by atoms with Gasteiger partial charge in [0, 0.05) is 26.2 Å². The van der Waals surface area contributed by atoms with Crippen LogP contribution in [0.5, 0.6) is 0 Å². The first kappa shape index (κ1) is 14.7. The van der Waals surface area contributed by atoms with Crippen molar-refractivity contribution in [2.75, 3.05) is 31.1 Å². The summed E-state index contributed by atoms with van der Waals surface area (Å²) in [6, 6.07) is 5.06. The summed E-state index contributed by atoms with van der Waals surface area (Å²) in [6.07, 6.45) is 1.79. The molecule has 0 spiro atoms. The summed E-state index contributed by atoms with van der Waals surface area (Å²) >= 11 is 0. The molecule has 18 heavy (non-hydrogen) atoms. The molecule has 0 amide bonds. The molecule has 1 aromatic carbocycles. The molecule has 4 heteroatoms. The third-order valence-corrected chi connectivity index (χ3v) is 2.72. The van der Waals surface area contributed by atoms with Gasteiger partial charge in [-0.3, -0.25) is 0 Å². The van der Waals surface area contributed by atoms with Crippen LogP contribution in [0.25, 0.3) is 0 Å². The Balaban J connectivity index is 2.82. The normalized spacial score (nSPS) is 10.4. The van der Waals surface area contributed by atoms with Crippen molar-refractivity contribution in [1.29, 1.82) is 0 Å². The van der Waals surface area contributed by atoms with Gasteiger partial charge < -0.3 is 15.3 Å². The average molecular weight is 252 g/mol. The van der Waals surface area contributed by atoms with Crippen LogP contribution in [-0.4, -0.2) is 31.3 Å². The van der Waals surface area contributed by atoms with E-state index in [2.05, 4.69) is 11.9 Å². The van der Waals surface area contributed by atoms with Crippen LogP contribution in [0, 0.1) is 5.82 Å². The molecule has 0 aromatic heterocycles. The molecule has 2 N–H and O–H groups in total. The van der Waals surface area contributed by atoms with E-state index < -0.39 is 0 Å². The second kappa shape index (κ2) is 7.84. The fourth-order valence-corrected chi connectivity index (χ4v) is 1.80. The predicted molar refractivity (Wildman–Crippen MR) is 73.3 cm³/mol. The zero-order valence-corrected chi connectivity index (χ0v) is 10.8. The van der Waals surface area contributed by atoms with Gasteiger partial charge in [0.1, 0.15) is 5.82 Å². The molecule has 0 saturated carbocycles. The van der Waals surface area contributed by atoms with Gasteiger partial charge in [0.15, 0.2) is 0 Å². The maximum atomic E-state index is 13.8. The number of halogens is 1. The Hall–Kier alpha value is -1.39. The number of likely N-dealkylation sites (N-methyl/N-ethyl adjacent to an activating group) is 1. The lowest BCUT2D eigenvalue weighted by Crippen LogP contribution is -2.27. The maximum absolute atomic E-state index is 13.8. The fourth-order valence-electron chi connectivity index (χ4n) is 1.80. The minimum absolute atomic E-state index is 0.0201. The van der Waals surface area contributed by atoms with Crippen molar-refractivity contribution in [3.8, 4) is 0 Å². The van der Waals surface area contributed by atoms with Crippen LogP contribution in [0.4, 0.5) is 10.1 Å². The summed E-state index contributed by atoms with van der Waals surface area (Å²) in [7, 11) is 0. The highest BCUT2D eigenvalue weighted by molar-refractivity contribution is 5.50. The number of nitrogens with one attached hydrogen (secondary N) is 1. The van der Waals surface area contributed by atoms with Gasteiger partial charge in [-0.1, -0.05) is 12.1 Å². The smallest absolute Gasteiger partial charge is 0.146 e.